The number of aromatic nitrogens is 1. The molecule has 1 aromatic heterocycles. The van der Waals surface area contributed by atoms with Crippen LogP contribution in [-0.4, -0.2) is 35.7 Å². The number of Topliss-reactive ketones (excluding diaryl/α,β-unsaturated/α-hetero) is 1. The molecule has 0 fully saturated rings. The van der Waals surface area contributed by atoms with Gasteiger partial charge >= 0.3 is 0 Å². The second-order valence-corrected chi connectivity index (χ2v) is 6.03. The van der Waals surface area contributed by atoms with Crippen LogP contribution in [0.15, 0.2) is 36.5 Å². The highest BCUT2D eigenvalue weighted by Crippen LogP contribution is 2.33. The molecule has 2 amide bonds. The lowest BCUT2D eigenvalue weighted by atomic mass is 10.1. The van der Waals surface area contributed by atoms with E-state index in [4.69, 9.17) is 16.3 Å². The number of carbonyl (C=O) groups excluding carboxylic acids is 3. The molecule has 3 rings (SSSR count). The van der Waals surface area contributed by atoms with Gasteiger partial charge in [0.2, 0.25) is 5.91 Å². The monoisotopic (exact) mass is 373 g/mol. The quantitative estimate of drug-likeness (QED) is 0.643. The Morgan fingerprint density at radius 2 is 2.12 bits per heavy atom. The maximum atomic E-state index is 12.3. The molecule has 7 nitrogen and oxygen atoms in total. The lowest BCUT2D eigenvalue weighted by Crippen LogP contribution is -2.43. The summed E-state index contributed by atoms with van der Waals surface area (Å²) in [6.07, 6.45) is 1.81. The number of ether oxygens (including phenoxy) is 1. The average Bonchev–Trinajstić information content (AvgIpc) is 2.63. The van der Waals surface area contributed by atoms with Crippen molar-refractivity contribution in [2.75, 3.05) is 23.4 Å². The number of pyridine rings is 1. The second kappa shape index (κ2) is 7.53. The Balaban J connectivity index is 1.82. The number of fused-ring (bicyclic) bond motifs is 1. The molecule has 26 heavy (non-hydrogen) atoms. The molecule has 1 aromatic carbocycles. The minimum Gasteiger partial charge on any atom is -0.482 e. The zero-order valence-electron chi connectivity index (χ0n) is 14.0. The zero-order chi connectivity index (χ0) is 18.7. The first-order chi connectivity index (χ1) is 12.5. The predicted molar refractivity (Wildman–Crippen MR) is 96.8 cm³/mol. The summed E-state index contributed by atoms with van der Waals surface area (Å²) in [5.41, 5.74) is 1.35. The van der Waals surface area contributed by atoms with E-state index in [-0.39, 0.29) is 30.0 Å². The van der Waals surface area contributed by atoms with Crippen molar-refractivity contribution in [3.8, 4) is 5.75 Å². The van der Waals surface area contributed by atoms with Crippen molar-refractivity contribution in [1.29, 1.82) is 0 Å². The maximum Gasteiger partial charge on any atom is 0.265 e. The van der Waals surface area contributed by atoms with E-state index in [9.17, 15) is 14.4 Å². The minimum atomic E-state index is -0.402. The van der Waals surface area contributed by atoms with Crippen LogP contribution in [0.2, 0.25) is 5.15 Å². The Morgan fingerprint density at radius 3 is 2.85 bits per heavy atom. The molecule has 1 aliphatic rings. The Hall–Kier alpha value is -2.93. The van der Waals surface area contributed by atoms with E-state index in [2.05, 4.69) is 10.3 Å². The number of nitrogens with zero attached hydrogens (tertiary/aromatic N) is 2. The molecule has 0 spiro atoms. The van der Waals surface area contributed by atoms with Gasteiger partial charge in [-0.3, -0.25) is 19.3 Å². The van der Waals surface area contributed by atoms with Crippen LogP contribution in [-0.2, 0) is 9.59 Å². The molecule has 2 aromatic rings. The van der Waals surface area contributed by atoms with E-state index in [1.165, 1.54) is 17.2 Å². The topological polar surface area (TPSA) is 88.6 Å². The molecular formula is C18H16ClN3O4. The van der Waals surface area contributed by atoms with Gasteiger partial charge in [-0.2, -0.15) is 0 Å². The summed E-state index contributed by atoms with van der Waals surface area (Å²) >= 11 is 5.80. The summed E-state index contributed by atoms with van der Waals surface area (Å²) in [4.78, 5) is 41.7. The highest BCUT2D eigenvalue weighted by atomic mass is 35.5. The molecule has 2 heterocycles. The second-order valence-electron chi connectivity index (χ2n) is 5.64. The van der Waals surface area contributed by atoms with Gasteiger partial charge in [-0.05, 0) is 30.3 Å². The van der Waals surface area contributed by atoms with Gasteiger partial charge in [0.1, 0.15) is 17.4 Å². The Kier molecular flexibility index (Phi) is 5.18. The molecular weight excluding hydrogens is 358 g/mol. The third-order valence-electron chi connectivity index (χ3n) is 3.86. The van der Waals surface area contributed by atoms with E-state index in [0.717, 1.165) is 0 Å². The van der Waals surface area contributed by atoms with Gasteiger partial charge in [0.15, 0.2) is 12.4 Å². The fourth-order valence-corrected chi connectivity index (χ4v) is 2.75. The van der Waals surface area contributed by atoms with Crippen LogP contribution >= 0.6 is 11.6 Å². The predicted octanol–water partition coefficient (Wildman–Crippen LogP) is 2.69. The van der Waals surface area contributed by atoms with Crippen molar-refractivity contribution in [1.82, 2.24) is 4.98 Å². The number of benzene rings is 1. The summed E-state index contributed by atoms with van der Waals surface area (Å²) in [6.45, 7) is 1.38. The smallest absolute Gasteiger partial charge is 0.265 e. The van der Waals surface area contributed by atoms with Gasteiger partial charge in [-0.1, -0.05) is 18.5 Å². The maximum absolute atomic E-state index is 12.3. The van der Waals surface area contributed by atoms with E-state index < -0.39 is 5.91 Å². The molecule has 0 atom stereocenters. The van der Waals surface area contributed by atoms with Crippen LogP contribution in [0.4, 0.5) is 11.4 Å². The van der Waals surface area contributed by atoms with Crippen LogP contribution in [0, 0.1) is 0 Å². The first-order valence-electron chi connectivity index (χ1n) is 7.99. The molecule has 0 unspecified atom stereocenters. The van der Waals surface area contributed by atoms with Crippen LogP contribution < -0.4 is 15.0 Å². The third kappa shape index (κ3) is 3.83. The first-order valence-corrected chi connectivity index (χ1v) is 8.37. The fourth-order valence-electron chi connectivity index (χ4n) is 2.58. The lowest BCUT2D eigenvalue weighted by Gasteiger charge is -2.29. The number of ketones is 1. The molecule has 0 bridgehead atoms. The van der Waals surface area contributed by atoms with Crippen LogP contribution in [0.1, 0.15) is 23.7 Å². The van der Waals surface area contributed by atoms with Crippen molar-refractivity contribution in [2.24, 2.45) is 0 Å². The number of hydrogen-bond donors (Lipinski definition) is 1. The van der Waals surface area contributed by atoms with E-state index in [1.807, 2.05) is 0 Å². The molecule has 8 heteroatoms. The van der Waals surface area contributed by atoms with Crippen molar-refractivity contribution >= 4 is 40.6 Å². The van der Waals surface area contributed by atoms with Gasteiger partial charge in [-0.25, -0.2) is 4.98 Å². The summed E-state index contributed by atoms with van der Waals surface area (Å²) in [5.74, 6) is -0.360. The summed E-state index contributed by atoms with van der Waals surface area (Å²) in [5, 5.41) is 2.91. The molecule has 0 aliphatic carbocycles. The van der Waals surface area contributed by atoms with Crippen LogP contribution in [0.25, 0.3) is 0 Å². The Labute approximate surface area is 154 Å². The average molecular weight is 374 g/mol. The van der Waals surface area contributed by atoms with E-state index in [0.29, 0.717) is 29.1 Å². The molecule has 1 N–H and O–H groups in total. The van der Waals surface area contributed by atoms with Gasteiger partial charge < -0.3 is 10.1 Å². The largest absolute Gasteiger partial charge is 0.482 e. The van der Waals surface area contributed by atoms with Crippen LogP contribution in [0.5, 0.6) is 5.75 Å². The number of hydrogen-bond acceptors (Lipinski definition) is 5. The van der Waals surface area contributed by atoms with Crippen molar-refractivity contribution < 1.29 is 19.1 Å². The molecule has 134 valence electrons. The van der Waals surface area contributed by atoms with Gasteiger partial charge in [0.25, 0.3) is 5.91 Å². The fraction of sp³-hybridized carbons (Fsp3) is 0.222. The van der Waals surface area contributed by atoms with Crippen molar-refractivity contribution in [3.63, 3.8) is 0 Å². The Bertz CT molecular complexity index is 884. The van der Waals surface area contributed by atoms with Gasteiger partial charge in [0.05, 0.1) is 5.69 Å². The number of anilines is 2. The number of rotatable bonds is 5. The number of carbonyl (C=O) groups is 3. The van der Waals surface area contributed by atoms with E-state index >= 15 is 0 Å². The summed E-state index contributed by atoms with van der Waals surface area (Å²) < 4.78 is 5.39. The summed E-state index contributed by atoms with van der Waals surface area (Å²) in [7, 11) is 0. The summed E-state index contributed by atoms with van der Waals surface area (Å²) in [6, 6.07) is 7.97. The number of amides is 2. The molecule has 0 saturated heterocycles. The normalized spacial score (nSPS) is 13.0. The van der Waals surface area contributed by atoms with Crippen molar-refractivity contribution in [2.45, 2.75) is 13.3 Å². The van der Waals surface area contributed by atoms with E-state index in [1.54, 1.807) is 31.2 Å². The van der Waals surface area contributed by atoms with Gasteiger partial charge in [-0.15, -0.1) is 0 Å². The highest BCUT2D eigenvalue weighted by Gasteiger charge is 2.28. The molecule has 0 radical (unpaired) electrons. The lowest BCUT2D eigenvalue weighted by molar-refractivity contribution is -0.123. The van der Waals surface area contributed by atoms with Crippen molar-refractivity contribution in [3.05, 3.63) is 47.2 Å². The SMILES string of the molecule is CCC(=O)c1ccc2c(c1)N(CC(=O)Nc1ccnc(Cl)c1)C(=O)CO2. The van der Waals surface area contributed by atoms with Gasteiger partial charge in [0, 0.05) is 23.9 Å². The first kappa shape index (κ1) is 17.9. The molecule has 0 saturated carbocycles. The standard InChI is InChI=1S/C18H16ClN3O4/c1-2-14(23)11-3-4-15-13(7-11)22(18(25)10-26-15)9-17(24)21-12-5-6-20-16(19)8-12/h3-8H,2,9-10H2,1H3,(H,20,21,24). The Morgan fingerprint density at radius 1 is 1.31 bits per heavy atom. The number of nitrogens with one attached hydrogen (secondary N) is 1. The number of halogens is 1. The minimum absolute atomic E-state index is 0.0540. The highest BCUT2D eigenvalue weighted by molar-refractivity contribution is 6.29. The zero-order valence-corrected chi connectivity index (χ0v) is 14.7. The third-order valence-corrected chi connectivity index (χ3v) is 4.06. The van der Waals surface area contributed by atoms with Crippen LogP contribution in [0.3, 0.4) is 0 Å². The molecule has 1 aliphatic heterocycles.